The van der Waals surface area contributed by atoms with Crippen LogP contribution in [0.15, 0.2) is 36.5 Å². The van der Waals surface area contributed by atoms with Gasteiger partial charge in [0.2, 0.25) is 5.95 Å². The predicted molar refractivity (Wildman–Crippen MR) is 140 cm³/mol. The van der Waals surface area contributed by atoms with Crippen LogP contribution in [0.1, 0.15) is 75.6 Å². The lowest BCUT2D eigenvalue weighted by atomic mass is 9.85. The van der Waals surface area contributed by atoms with E-state index in [4.69, 9.17) is 9.84 Å². The Morgan fingerprint density at radius 2 is 1.80 bits per heavy atom. The molecule has 0 amide bonds. The Bertz CT molecular complexity index is 1110. The Morgan fingerprint density at radius 3 is 2.49 bits per heavy atom. The van der Waals surface area contributed by atoms with Gasteiger partial charge in [-0.1, -0.05) is 24.3 Å². The van der Waals surface area contributed by atoms with E-state index in [-0.39, 0.29) is 12.1 Å². The van der Waals surface area contributed by atoms with Crippen LogP contribution in [0.2, 0.25) is 0 Å². The molecular formula is C28H39N5O2. The molecule has 1 saturated heterocycles. The number of aliphatic hydroxyl groups excluding tert-OH is 1. The topological polar surface area (TPSA) is 74.9 Å². The molecule has 1 saturated carbocycles. The molecule has 0 radical (unpaired) electrons. The number of nitrogens with one attached hydrogen (secondary N) is 1. The maximum Gasteiger partial charge on any atom is 0.241 e. The molecule has 2 N–H and O–H groups in total. The van der Waals surface area contributed by atoms with Gasteiger partial charge in [-0.3, -0.25) is 4.90 Å². The largest absolute Gasteiger partial charge is 0.393 e. The van der Waals surface area contributed by atoms with Crippen LogP contribution in [0.5, 0.6) is 0 Å². The maximum absolute atomic E-state index is 10.1. The van der Waals surface area contributed by atoms with Gasteiger partial charge in [-0.05, 0) is 82.7 Å². The Balaban J connectivity index is 1.48. The second kappa shape index (κ2) is 10.6. The summed E-state index contributed by atoms with van der Waals surface area (Å²) in [5.74, 6) is 0.990. The van der Waals surface area contributed by atoms with E-state index in [1.54, 1.807) is 7.11 Å². The molecule has 1 aromatic carbocycles. The van der Waals surface area contributed by atoms with E-state index in [1.807, 2.05) is 6.20 Å². The maximum atomic E-state index is 10.1. The van der Waals surface area contributed by atoms with Crippen LogP contribution in [0.25, 0.3) is 16.6 Å². The molecular weight excluding hydrogens is 438 g/mol. The fraction of sp³-hybridized carbons (Fsp3) is 0.571. The summed E-state index contributed by atoms with van der Waals surface area (Å²) in [5.41, 5.74) is 5.97. The second-order valence-electron chi connectivity index (χ2n) is 10.4. The first-order chi connectivity index (χ1) is 17.0. The summed E-state index contributed by atoms with van der Waals surface area (Å²) in [7, 11) is 1.70. The van der Waals surface area contributed by atoms with Gasteiger partial charge in [0, 0.05) is 36.4 Å². The molecule has 0 unspecified atom stereocenters. The number of hydrogen-bond acceptors (Lipinski definition) is 6. The van der Waals surface area contributed by atoms with E-state index in [0.29, 0.717) is 24.5 Å². The van der Waals surface area contributed by atoms with Crippen molar-refractivity contribution in [1.82, 2.24) is 19.5 Å². The van der Waals surface area contributed by atoms with E-state index in [2.05, 4.69) is 63.9 Å². The monoisotopic (exact) mass is 477 g/mol. The standard InChI is InChI=1S/C28H39N5O2/c1-19(18-35-3)30-28-29-17-27-25(16-26(33(27)31-28)23-10-12-24(34)13-11-23)22-8-6-21(7-9-22)20(2)32-14-4-5-15-32/h6-9,16-17,19-20,23-24,34H,4-5,10-15,18H2,1-3H3,(H,30,31)/t19-,20+,23-,24-/m0/s1. The highest BCUT2D eigenvalue weighted by atomic mass is 16.5. The molecule has 7 heteroatoms. The van der Waals surface area contributed by atoms with Gasteiger partial charge in [0.05, 0.1) is 24.4 Å². The lowest BCUT2D eigenvalue weighted by Crippen LogP contribution is -2.23. The number of rotatable bonds is 8. The first kappa shape index (κ1) is 24.2. The molecule has 3 heterocycles. The molecule has 1 aliphatic heterocycles. The van der Waals surface area contributed by atoms with Crippen LogP contribution in [0.3, 0.4) is 0 Å². The lowest BCUT2D eigenvalue weighted by molar-refractivity contribution is 0.121. The molecule has 188 valence electrons. The van der Waals surface area contributed by atoms with E-state index in [0.717, 1.165) is 31.2 Å². The number of methoxy groups -OCH3 is 1. The molecule has 2 aromatic heterocycles. The van der Waals surface area contributed by atoms with Crippen LogP contribution in [-0.4, -0.2) is 63.6 Å². The number of anilines is 1. The molecule has 2 fully saturated rings. The number of aromatic nitrogens is 3. The summed E-state index contributed by atoms with van der Waals surface area (Å²) in [6.45, 7) is 7.36. The highest BCUT2D eigenvalue weighted by molar-refractivity contribution is 5.81. The van der Waals surface area contributed by atoms with Crippen molar-refractivity contribution in [3.8, 4) is 11.1 Å². The van der Waals surface area contributed by atoms with Gasteiger partial charge >= 0.3 is 0 Å². The third-order valence-corrected chi connectivity index (χ3v) is 7.84. The number of ether oxygens (including phenoxy) is 1. The molecule has 5 rings (SSSR count). The highest BCUT2D eigenvalue weighted by Crippen LogP contribution is 2.38. The van der Waals surface area contributed by atoms with Gasteiger partial charge in [0.15, 0.2) is 0 Å². The van der Waals surface area contributed by atoms with Gasteiger partial charge in [0.1, 0.15) is 0 Å². The minimum absolute atomic E-state index is 0.117. The van der Waals surface area contributed by atoms with Gasteiger partial charge < -0.3 is 15.2 Å². The average molecular weight is 478 g/mol. The summed E-state index contributed by atoms with van der Waals surface area (Å²) in [5, 5.41) is 18.3. The molecule has 3 aromatic rings. The van der Waals surface area contributed by atoms with Crippen molar-refractivity contribution in [2.75, 3.05) is 32.1 Å². The molecule has 2 aliphatic rings. The van der Waals surface area contributed by atoms with Crippen molar-refractivity contribution in [2.24, 2.45) is 0 Å². The molecule has 35 heavy (non-hydrogen) atoms. The third-order valence-electron chi connectivity index (χ3n) is 7.84. The van der Waals surface area contributed by atoms with Crippen LogP contribution in [0, 0.1) is 0 Å². The predicted octanol–water partition coefficient (Wildman–Crippen LogP) is 5.02. The van der Waals surface area contributed by atoms with Crippen molar-refractivity contribution in [3.63, 3.8) is 0 Å². The van der Waals surface area contributed by atoms with E-state index in [9.17, 15) is 5.11 Å². The van der Waals surface area contributed by atoms with Gasteiger partial charge in [-0.25, -0.2) is 9.50 Å². The minimum atomic E-state index is -0.177. The smallest absolute Gasteiger partial charge is 0.241 e. The number of fused-ring (bicyclic) bond motifs is 1. The van der Waals surface area contributed by atoms with Crippen LogP contribution in [0.4, 0.5) is 5.95 Å². The van der Waals surface area contributed by atoms with Crippen molar-refractivity contribution in [2.45, 2.75) is 76.5 Å². The van der Waals surface area contributed by atoms with Crippen molar-refractivity contribution in [3.05, 3.63) is 47.8 Å². The number of nitrogens with zero attached hydrogens (tertiary/aromatic N) is 4. The zero-order valence-electron chi connectivity index (χ0n) is 21.3. The first-order valence-corrected chi connectivity index (χ1v) is 13.2. The summed E-state index contributed by atoms with van der Waals surface area (Å²) in [6, 6.07) is 11.9. The summed E-state index contributed by atoms with van der Waals surface area (Å²) in [6.07, 6.45) is 8.02. The van der Waals surface area contributed by atoms with Gasteiger partial charge in [0.25, 0.3) is 0 Å². The fourth-order valence-corrected chi connectivity index (χ4v) is 5.77. The van der Waals surface area contributed by atoms with E-state index >= 15 is 0 Å². The highest BCUT2D eigenvalue weighted by Gasteiger charge is 2.26. The summed E-state index contributed by atoms with van der Waals surface area (Å²) in [4.78, 5) is 7.21. The Hall–Kier alpha value is -2.48. The quantitative estimate of drug-likeness (QED) is 0.475. The molecule has 0 spiro atoms. The minimum Gasteiger partial charge on any atom is -0.393 e. The Morgan fingerprint density at radius 1 is 1.09 bits per heavy atom. The SMILES string of the molecule is COC[C@H](C)Nc1ncc2c(-c3ccc([C@@H](C)N4CCCC4)cc3)cc([C@H]3CC[C@H](O)CC3)n2n1. The molecule has 2 atom stereocenters. The average Bonchev–Trinajstić information content (AvgIpc) is 3.53. The third kappa shape index (κ3) is 5.22. The first-order valence-electron chi connectivity index (χ1n) is 13.2. The normalized spacial score (nSPS) is 23.0. The Labute approximate surface area is 208 Å². The van der Waals surface area contributed by atoms with Gasteiger partial charge in [-0.2, -0.15) is 0 Å². The summed E-state index contributed by atoms with van der Waals surface area (Å²) < 4.78 is 7.34. The second-order valence-corrected chi connectivity index (χ2v) is 10.4. The van der Waals surface area contributed by atoms with E-state index in [1.165, 1.54) is 48.3 Å². The van der Waals surface area contributed by atoms with Crippen molar-refractivity contribution >= 4 is 11.5 Å². The van der Waals surface area contributed by atoms with Gasteiger partial charge in [-0.15, -0.1) is 5.10 Å². The zero-order chi connectivity index (χ0) is 24.4. The number of hydrogen-bond donors (Lipinski definition) is 2. The van der Waals surface area contributed by atoms with Crippen LogP contribution < -0.4 is 5.32 Å². The zero-order valence-corrected chi connectivity index (χ0v) is 21.3. The Kier molecular flexibility index (Phi) is 7.37. The van der Waals surface area contributed by atoms with Crippen LogP contribution in [-0.2, 0) is 4.74 Å². The van der Waals surface area contributed by atoms with Crippen molar-refractivity contribution in [1.29, 1.82) is 0 Å². The number of aliphatic hydroxyl groups is 1. The van der Waals surface area contributed by atoms with E-state index < -0.39 is 0 Å². The molecule has 0 bridgehead atoms. The fourth-order valence-electron chi connectivity index (χ4n) is 5.77. The number of benzene rings is 1. The number of likely N-dealkylation sites (tertiary alicyclic amines) is 1. The van der Waals surface area contributed by atoms with Crippen molar-refractivity contribution < 1.29 is 9.84 Å². The molecule has 7 nitrogen and oxygen atoms in total. The lowest BCUT2D eigenvalue weighted by Gasteiger charge is -2.25. The van der Waals surface area contributed by atoms with Crippen LogP contribution >= 0.6 is 0 Å². The summed E-state index contributed by atoms with van der Waals surface area (Å²) >= 11 is 0. The molecule has 1 aliphatic carbocycles.